The number of para-hydroxylation sites is 2. The van der Waals surface area contributed by atoms with Crippen molar-refractivity contribution in [3.05, 3.63) is 173 Å². The Morgan fingerprint density at radius 3 is 1.48 bits per heavy atom. The van der Waals surface area contributed by atoms with E-state index in [0.717, 1.165) is 6.42 Å². The molecule has 0 N–H and O–H groups in total. The summed E-state index contributed by atoms with van der Waals surface area (Å²) in [6, 6.07) is 44.5. The molecule has 4 heteroatoms. The Hall–Kier alpha value is -5.48. The lowest BCUT2D eigenvalue weighted by Gasteiger charge is -2.43. The molecule has 4 nitrogen and oxygen atoms in total. The summed E-state index contributed by atoms with van der Waals surface area (Å²) in [4.78, 5) is 27.0. The quantitative estimate of drug-likeness (QED) is 0.114. The highest BCUT2D eigenvalue weighted by atomic mass is 16.5. The van der Waals surface area contributed by atoms with E-state index in [4.69, 9.17) is 9.47 Å². The highest BCUT2D eigenvalue weighted by Gasteiger charge is 2.54. The van der Waals surface area contributed by atoms with Gasteiger partial charge in [-0.15, -0.1) is 0 Å². The maximum absolute atomic E-state index is 13.5. The molecule has 0 spiro atoms. The molecule has 0 radical (unpaired) electrons. The molecule has 3 aliphatic rings. The zero-order valence-electron chi connectivity index (χ0n) is 26.7. The number of hydrogen-bond acceptors (Lipinski definition) is 4. The minimum Gasteiger partial charge on any atom is -0.427 e. The Labute approximate surface area is 281 Å². The minimum absolute atomic E-state index is 0.243. The standard InChI is InChI=1S/C44H36O4/c45-41(47-31-14-3-1-4-15-31)26-28-43(37-22-10-7-18-33(37)34-19-8-11-23-38(34)43)30-44(29-27-42(46)48-32-16-5-2-6-17-32)39-24-12-9-20-35(39)36-21-13-25-40(36)44/h1-12,14-25H,13,26-30H2. The van der Waals surface area contributed by atoms with Crippen molar-refractivity contribution in [3.8, 4) is 22.6 Å². The van der Waals surface area contributed by atoms with Crippen molar-refractivity contribution in [3.63, 3.8) is 0 Å². The first-order valence-electron chi connectivity index (χ1n) is 16.8. The van der Waals surface area contributed by atoms with Gasteiger partial charge in [-0.1, -0.05) is 121 Å². The van der Waals surface area contributed by atoms with Crippen LogP contribution in [0.4, 0.5) is 0 Å². The molecule has 0 bridgehead atoms. The van der Waals surface area contributed by atoms with Gasteiger partial charge in [-0.25, -0.2) is 0 Å². The summed E-state index contributed by atoms with van der Waals surface area (Å²) in [5, 5.41) is 0. The van der Waals surface area contributed by atoms with Crippen molar-refractivity contribution >= 4 is 17.5 Å². The number of carbonyl (C=O) groups is 2. The van der Waals surface area contributed by atoms with E-state index in [1.807, 2.05) is 60.7 Å². The van der Waals surface area contributed by atoms with E-state index in [1.54, 1.807) is 0 Å². The van der Waals surface area contributed by atoms with Crippen LogP contribution in [0.1, 0.15) is 60.8 Å². The molecule has 0 amide bonds. The van der Waals surface area contributed by atoms with Crippen molar-refractivity contribution in [1.82, 2.24) is 0 Å². The Morgan fingerprint density at radius 1 is 0.500 bits per heavy atom. The second-order valence-corrected chi connectivity index (χ2v) is 13.0. The Balaban J connectivity index is 1.24. The van der Waals surface area contributed by atoms with Crippen LogP contribution in [0.15, 0.2) is 151 Å². The highest BCUT2D eigenvalue weighted by Crippen LogP contribution is 2.63. The van der Waals surface area contributed by atoms with Crippen LogP contribution in [0, 0.1) is 0 Å². The molecular weight excluding hydrogens is 592 g/mol. The van der Waals surface area contributed by atoms with E-state index < -0.39 is 10.8 Å². The summed E-state index contributed by atoms with van der Waals surface area (Å²) in [7, 11) is 0. The molecule has 0 heterocycles. The number of carbonyl (C=O) groups excluding carboxylic acids is 2. The molecule has 0 aliphatic heterocycles. The third kappa shape index (κ3) is 5.09. The van der Waals surface area contributed by atoms with Crippen molar-refractivity contribution in [2.75, 3.05) is 0 Å². The van der Waals surface area contributed by atoms with Crippen LogP contribution >= 0.6 is 0 Å². The van der Waals surface area contributed by atoms with E-state index in [1.165, 1.54) is 44.5 Å². The molecule has 3 aliphatic carbocycles. The first-order valence-corrected chi connectivity index (χ1v) is 16.8. The fraction of sp³-hybridized carbons (Fsp3) is 0.182. The lowest BCUT2D eigenvalue weighted by molar-refractivity contribution is -0.135. The van der Waals surface area contributed by atoms with Gasteiger partial charge in [0.05, 0.1) is 0 Å². The second kappa shape index (κ2) is 12.3. The summed E-state index contributed by atoms with van der Waals surface area (Å²) in [6.07, 6.45) is 7.87. The number of rotatable bonds is 10. The molecule has 0 saturated heterocycles. The average Bonchev–Trinajstić information content (AvgIpc) is 3.79. The molecule has 1 atom stereocenters. The van der Waals surface area contributed by atoms with E-state index in [0.29, 0.717) is 30.8 Å². The van der Waals surface area contributed by atoms with Crippen molar-refractivity contribution < 1.29 is 19.1 Å². The number of fused-ring (bicyclic) bond motifs is 6. The van der Waals surface area contributed by atoms with Gasteiger partial charge in [-0.2, -0.15) is 0 Å². The first kappa shape index (κ1) is 29.9. The van der Waals surface area contributed by atoms with Gasteiger partial charge in [-0.05, 0) is 94.5 Å². The van der Waals surface area contributed by atoms with Crippen LogP contribution in [0.25, 0.3) is 16.7 Å². The van der Waals surface area contributed by atoms with E-state index in [2.05, 4.69) is 84.9 Å². The van der Waals surface area contributed by atoms with Crippen LogP contribution in [0.3, 0.4) is 0 Å². The van der Waals surface area contributed by atoms with Gasteiger partial charge < -0.3 is 9.47 Å². The maximum atomic E-state index is 13.5. The normalized spacial score (nSPS) is 17.8. The van der Waals surface area contributed by atoms with E-state index in [9.17, 15) is 9.59 Å². The number of benzene rings is 5. The number of allylic oxidation sites excluding steroid dienone is 4. The Morgan fingerprint density at radius 2 is 0.938 bits per heavy atom. The summed E-state index contributed by atoms with van der Waals surface area (Å²) in [6.45, 7) is 0. The average molecular weight is 629 g/mol. The van der Waals surface area contributed by atoms with Crippen molar-refractivity contribution in [2.24, 2.45) is 0 Å². The molecule has 8 rings (SSSR count). The minimum atomic E-state index is -0.516. The fourth-order valence-corrected chi connectivity index (χ4v) is 8.50. The molecule has 5 aromatic rings. The van der Waals surface area contributed by atoms with Gasteiger partial charge in [0, 0.05) is 23.7 Å². The summed E-state index contributed by atoms with van der Waals surface area (Å²) < 4.78 is 11.7. The van der Waals surface area contributed by atoms with Crippen LogP contribution in [-0.2, 0) is 20.4 Å². The number of ether oxygens (including phenoxy) is 2. The van der Waals surface area contributed by atoms with Crippen LogP contribution in [0.2, 0.25) is 0 Å². The zero-order valence-corrected chi connectivity index (χ0v) is 26.7. The second-order valence-electron chi connectivity index (χ2n) is 13.0. The van der Waals surface area contributed by atoms with Gasteiger partial charge in [0.1, 0.15) is 11.5 Å². The number of esters is 2. The smallest absolute Gasteiger partial charge is 0.311 e. The van der Waals surface area contributed by atoms with Gasteiger partial charge in [-0.3, -0.25) is 9.59 Å². The Bertz CT molecular complexity index is 2030. The fourth-order valence-electron chi connectivity index (χ4n) is 8.50. The zero-order chi connectivity index (χ0) is 32.6. The van der Waals surface area contributed by atoms with Gasteiger partial charge in [0.25, 0.3) is 0 Å². The third-order valence-corrected chi connectivity index (χ3v) is 10.4. The summed E-state index contributed by atoms with van der Waals surface area (Å²) in [5.74, 6) is 0.598. The van der Waals surface area contributed by atoms with Gasteiger partial charge in [0.2, 0.25) is 0 Å². The van der Waals surface area contributed by atoms with Crippen LogP contribution in [0.5, 0.6) is 11.5 Å². The van der Waals surface area contributed by atoms with Crippen molar-refractivity contribution in [1.29, 1.82) is 0 Å². The molecule has 1 unspecified atom stereocenters. The lowest BCUT2D eigenvalue weighted by atomic mass is 9.59. The molecule has 0 saturated carbocycles. The predicted molar refractivity (Wildman–Crippen MR) is 189 cm³/mol. The van der Waals surface area contributed by atoms with Crippen LogP contribution in [-0.4, -0.2) is 11.9 Å². The summed E-state index contributed by atoms with van der Waals surface area (Å²) in [5.41, 5.74) is 8.86. The van der Waals surface area contributed by atoms with Crippen molar-refractivity contribution in [2.45, 2.75) is 49.4 Å². The molecule has 0 fully saturated rings. The van der Waals surface area contributed by atoms with Gasteiger partial charge >= 0.3 is 11.9 Å². The molecule has 5 aromatic carbocycles. The maximum Gasteiger partial charge on any atom is 0.311 e. The molecular formula is C44H36O4. The molecule has 236 valence electrons. The van der Waals surface area contributed by atoms with E-state index >= 15 is 0 Å². The number of hydrogen-bond donors (Lipinski definition) is 0. The highest BCUT2D eigenvalue weighted by molar-refractivity contribution is 5.93. The molecule has 48 heavy (non-hydrogen) atoms. The third-order valence-electron chi connectivity index (χ3n) is 10.4. The topological polar surface area (TPSA) is 52.6 Å². The summed E-state index contributed by atoms with van der Waals surface area (Å²) >= 11 is 0. The van der Waals surface area contributed by atoms with E-state index in [-0.39, 0.29) is 24.8 Å². The largest absolute Gasteiger partial charge is 0.427 e. The SMILES string of the molecule is O=C(CCC1(CC2(CCC(=O)Oc3ccccc3)c3ccccc3-c3ccccc32)C2=CCC=C2c2ccccc21)Oc1ccccc1. The first-order chi connectivity index (χ1) is 23.6. The van der Waals surface area contributed by atoms with Gasteiger partial charge in [0.15, 0.2) is 0 Å². The van der Waals surface area contributed by atoms with Crippen LogP contribution < -0.4 is 9.47 Å². The monoisotopic (exact) mass is 628 g/mol. The Kier molecular flexibility index (Phi) is 7.64. The molecule has 0 aromatic heterocycles. The predicted octanol–water partition coefficient (Wildman–Crippen LogP) is 9.78. The lowest BCUT2D eigenvalue weighted by Crippen LogP contribution is -2.39.